The number of benzene rings is 1. The minimum absolute atomic E-state index is 0.0653. The van der Waals surface area contributed by atoms with Gasteiger partial charge in [-0.3, -0.25) is 10.1 Å². The van der Waals surface area contributed by atoms with Crippen molar-refractivity contribution in [3.63, 3.8) is 0 Å². The molecule has 1 fully saturated rings. The first-order chi connectivity index (χ1) is 8.60. The maximum Gasteiger partial charge on any atom is 0.275 e. The van der Waals surface area contributed by atoms with Crippen LogP contribution in [0.5, 0.6) is 5.75 Å². The summed E-state index contributed by atoms with van der Waals surface area (Å²) in [7, 11) is 1.52. The highest BCUT2D eigenvalue weighted by Gasteiger charge is 2.19. The average molecular weight is 251 g/mol. The number of nitro benzene ring substituents is 1. The van der Waals surface area contributed by atoms with Crippen molar-refractivity contribution in [3.05, 3.63) is 28.3 Å². The molecule has 0 saturated carbocycles. The number of piperazine rings is 1. The van der Waals surface area contributed by atoms with E-state index in [0.717, 1.165) is 25.3 Å². The summed E-state index contributed by atoms with van der Waals surface area (Å²) in [6.07, 6.45) is 0. The van der Waals surface area contributed by atoms with Crippen LogP contribution >= 0.6 is 0 Å². The zero-order valence-corrected chi connectivity index (χ0v) is 10.5. The fourth-order valence-electron chi connectivity index (χ4n) is 2.14. The van der Waals surface area contributed by atoms with Crippen LogP contribution in [0.2, 0.25) is 0 Å². The second-order valence-corrected chi connectivity index (χ2v) is 4.45. The molecule has 0 radical (unpaired) electrons. The summed E-state index contributed by atoms with van der Waals surface area (Å²) in [5.74, 6) is 0.519. The smallest absolute Gasteiger partial charge is 0.275 e. The fourth-order valence-corrected chi connectivity index (χ4v) is 2.14. The number of methoxy groups -OCH3 is 1. The number of anilines is 1. The van der Waals surface area contributed by atoms with E-state index >= 15 is 0 Å². The minimum atomic E-state index is -0.391. The first-order valence-electron chi connectivity index (χ1n) is 5.92. The van der Waals surface area contributed by atoms with Gasteiger partial charge < -0.3 is 15.0 Å². The monoisotopic (exact) mass is 251 g/mol. The Hall–Kier alpha value is -1.82. The van der Waals surface area contributed by atoms with Gasteiger partial charge in [0.1, 0.15) is 5.75 Å². The lowest BCUT2D eigenvalue weighted by atomic mass is 10.2. The normalized spacial score (nSPS) is 19.7. The summed E-state index contributed by atoms with van der Waals surface area (Å²) < 4.78 is 5.12. The molecule has 1 aromatic carbocycles. The molecule has 0 bridgehead atoms. The van der Waals surface area contributed by atoms with Gasteiger partial charge in [-0.1, -0.05) is 0 Å². The van der Waals surface area contributed by atoms with E-state index in [4.69, 9.17) is 4.74 Å². The molecule has 1 N–H and O–H groups in total. The van der Waals surface area contributed by atoms with E-state index in [2.05, 4.69) is 17.1 Å². The number of rotatable bonds is 3. The maximum absolute atomic E-state index is 10.9. The molecule has 0 spiro atoms. The highest BCUT2D eigenvalue weighted by molar-refractivity contribution is 5.58. The van der Waals surface area contributed by atoms with Crippen molar-refractivity contribution in [2.24, 2.45) is 0 Å². The van der Waals surface area contributed by atoms with Crippen molar-refractivity contribution in [1.29, 1.82) is 0 Å². The van der Waals surface area contributed by atoms with E-state index < -0.39 is 4.92 Å². The molecule has 2 rings (SSSR count). The van der Waals surface area contributed by atoms with Gasteiger partial charge in [-0.2, -0.15) is 0 Å². The van der Waals surface area contributed by atoms with E-state index in [1.807, 2.05) is 6.07 Å². The minimum Gasteiger partial charge on any atom is -0.496 e. The first kappa shape index (κ1) is 12.6. The van der Waals surface area contributed by atoms with Crippen LogP contribution in [0.1, 0.15) is 6.92 Å². The predicted octanol–water partition coefficient (Wildman–Crippen LogP) is 1.40. The second kappa shape index (κ2) is 5.22. The molecule has 0 amide bonds. The van der Waals surface area contributed by atoms with E-state index in [1.165, 1.54) is 13.2 Å². The molecular weight excluding hydrogens is 234 g/mol. The lowest BCUT2D eigenvalue weighted by Crippen LogP contribution is -2.49. The molecule has 6 nitrogen and oxygen atoms in total. The van der Waals surface area contributed by atoms with Crippen LogP contribution < -0.4 is 15.0 Å². The highest BCUT2D eigenvalue weighted by atomic mass is 16.6. The van der Waals surface area contributed by atoms with Crippen molar-refractivity contribution in [3.8, 4) is 5.75 Å². The molecule has 0 aliphatic carbocycles. The summed E-state index contributed by atoms with van der Waals surface area (Å²) in [5.41, 5.74) is 0.907. The summed E-state index contributed by atoms with van der Waals surface area (Å²) >= 11 is 0. The van der Waals surface area contributed by atoms with Crippen LogP contribution in [0, 0.1) is 10.1 Å². The van der Waals surface area contributed by atoms with Gasteiger partial charge in [0, 0.05) is 43.5 Å². The summed E-state index contributed by atoms with van der Waals surface area (Å²) in [6.45, 7) is 4.66. The van der Waals surface area contributed by atoms with Gasteiger partial charge in [0.2, 0.25) is 0 Å². The molecule has 1 aliphatic rings. The van der Waals surface area contributed by atoms with Crippen LogP contribution in [0.15, 0.2) is 18.2 Å². The van der Waals surface area contributed by atoms with E-state index in [1.54, 1.807) is 6.07 Å². The third-order valence-electron chi connectivity index (χ3n) is 3.06. The predicted molar refractivity (Wildman–Crippen MR) is 69.3 cm³/mol. The summed E-state index contributed by atoms with van der Waals surface area (Å²) in [6, 6.07) is 5.25. The van der Waals surface area contributed by atoms with Crippen molar-refractivity contribution in [2.45, 2.75) is 13.0 Å². The Balaban J connectivity index is 2.31. The Morgan fingerprint density at radius 1 is 1.50 bits per heavy atom. The highest BCUT2D eigenvalue weighted by Crippen LogP contribution is 2.28. The van der Waals surface area contributed by atoms with Crippen LogP contribution in [-0.2, 0) is 0 Å². The molecule has 0 unspecified atom stereocenters. The lowest BCUT2D eigenvalue weighted by molar-refractivity contribution is -0.384. The Labute approximate surface area is 106 Å². The standard InChI is InChI=1S/C12H17N3O3/c1-9-8-14(4-3-13-9)10-5-11(15(16)17)7-12(6-10)18-2/h5-7,9,13H,3-4,8H2,1-2H3/t9-/m1/s1. The third kappa shape index (κ3) is 2.70. The van der Waals surface area contributed by atoms with Crippen molar-refractivity contribution < 1.29 is 9.66 Å². The summed E-state index contributed by atoms with van der Waals surface area (Å²) in [5, 5.41) is 14.2. The number of hydrogen-bond donors (Lipinski definition) is 1. The second-order valence-electron chi connectivity index (χ2n) is 4.45. The lowest BCUT2D eigenvalue weighted by Gasteiger charge is -2.33. The average Bonchev–Trinajstić information content (AvgIpc) is 2.38. The molecule has 1 aromatic rings. The number of nitrogens with one attached hydrogen (secondary N) is 1. The molecule has 6 heteroatoms. The zero-order valence-electron chi connectivity index (χ0n) is 10.5. The largest absolute Gasteiger partial charge is 0.496 e. The van der Waals surface area contributed by atoms with Gasteiger partial charge in [-0.25, -0.2) is 0 Å². The van der Waals surface area contributed by atoms with Crippen molar-refractivity contribution in [2.75, 3.05) is 31.6 Å². The molecule has 98 valence electrons. The topological polar surface area (TPSA) is 67.6 Å². The van der Waals surface area contributed by atoms with Gasteiger partial charge in [0.15, 0.2) is 0 Å². The van der Waals surface area contributed by atoms with Crippen LogP contribution in [0.25, 0.3) is 0 Å². The number of nitrogens with zero attached hydrogens (tertiary/aromatic N) is 2. The quantitative estimate of drug-likeness (QED) is 0.649. The number of non-ortho nitro benzene ring substituents is 1. The Morgan fingerprint density at radius 3 is 2.89 bits per heavy atom. The zero-order chi connectivity index (χ0) is 13.1. The number of ether oxygens (including phenoxy) is 1. The van der Waals surface area contributed by atoms with Gasteiger partial charge in [0.05, 0.1) is 18.1 Å². The fraction of sp³-hybridized carbons (Fsp3) is 0.500. The van der Waals surface area contributed by atoms with Crippen molar-refractivity contribution in [1.82, 2.24) is 5.32 Å². The van der Waals surface area contributed by atoms with E-state index in [9.17, 15) is 10.1 Å². The molecule has 1 heterocycles. The Morgan fingerprint density at radius 2 is 2.28 bits per heavy atom. The third-order valence-corrected chi connectivity index (χ3v) is 3.06. The SMILES string of the molecule is COc1cc(N2CCN[C@H](C)C2)cc([N+](=O)[O-])c1. The van der Waals surface area contributed by atoms with Crippen LogP contribution in [-0.4, -0.2) is 37.7 Å². The molecule has 1 atom stereocenters. The number of nitro groups is 1. The van der Waals surface area contributed by atoms with Gasteiger partial charge in [0.25, 0.3) is 5.69 Å². The summed E-state index contributed by atoms with van der Waals surface area (Å²) in [4.78, 5) is 12.6. The van der Waals surface area contributed by atoms with Crippen LogP contribution in [0.4, 0.5) is 11.4 Å². The Kier molecular flexibility index (Phi) is 3.66. The first-order valence-corrected chi connectivity index (χ1v) is 5.92. The van der Waals surface area contributed by atoms with Gasteiger partial charge in [-0.15, -0.1) is 0 Å². The van der Waals surface area contributed by atoms with E-state index in [0.29, 0.717) is 11.8 Å². The number of hydrogen-bond acceptors (Lipinski definition) is 5. The molecule has 1 aliphatic heterocycles. The van der Waals surface area contributed by atoms with Crippen LogP contribution in [0.3, 0.4) is 0 Å². The molecular formula is C12H17N3O3. The Bertz CT molecular complexity index is 450. The molecule has 0 aromatic heterocycles. The molecule has 18 heavy (non-hydrogen) atoms. The van der Waals surface area contributed by atoms with E-state index in [-0.39, 0.29) is 5.69 Å². The maximum atomic E-state index is 10.9. The van der Waals surface area contributed by atoms with Gasteiger partial charge in [-0.05, 0) is 6.92 Å². The van der Waals surface area contributed by atoms with Crippen molar-refractivity contribution >= 4 is 11.4 Å². The van der Waals surface area contributed by atoms with Gasteiger partial charge >= 0.3 is 0 Å². The molecule has 1 saturated heterocycles.